The molecule has 2 N–H and O–H groups in total. The molecular weight excluding hydrogens is 280 g/mol. The Morgan fingerprint density at radius 3 is 3.00 bits per heavy atom. The Bertz CT molecular complexity index is 413. The van der Waals surface area contributed by atoms with E-state index >= 15 is 0 Å². The number of hydrogen-bond acceptors (Lipinski definition) is 6. The Labute approximate surface area is 124 Å². The zero-order valence-corrected chi connectivity index (χ0v) is 12.4. The van der Waals surface area contributed by atoms with Crippen molar-refractivity contribution in [1.82, 2.24) is 15.3 Å². The van der Waals surface area contributed by atoms with Crippen molar-refractivity contribution < 1.29 is 9.47 Å². The first-order valence-corrected chi connectivity index (χ1v) is 7.30. The van der Waals surface area contributed by atoms with Crippen LogP contribution in [0, 0.1) is 0 Å². The zero-order valence-electron chi connectivity index (χ0n) is 11.7. The van der Waals surface area contributed by atoms with Crippen LogP contribution >= 0.6 is 11.6 Å². The minimum absolute atomic E-state index is 0.308. The van der Waals surface area contributed by atoms with Crippen LogP contribution in [-0.2, 0) is 4.74 Å². The average Bonchev–Trinajstić information content (AvgIpc) is 2.50. The molecule has 0 aliphatic carbocycles. The number of hydrogen-bond donors (Lipinski definition) is 2. The zero-order chi connectivity index (χ0) is 14.2. The maximum absolute atomic E-state index is 6.01. The molecule has 1 saturated heterocycles. The molecule has 2 heterocycles. The van der Waals surface area contributed by atoms with Gasteiger partial charge in [0.25, 0.3) is 0 Å². The number of nitrogens with one attached hydrogen (secondary N) is 2. The maximum atomic E-state index is 6.01. The van der Waals surface area contributed by atoms with Gasteiger partial charge in [0.1, 0.15) is 5.02 Å². The summed E-state index contributed by atoms with van der Waals surface area (Å²) < 4.78 is 10.8. The minimum Gasteiger partial charge on any atom is -0.467 e. The summed E-state index contributed by atoms with van der Waals surface area (Å²) in [7, 11) is 1.53. The standard InChI is InChI=1S/C13H21ClN4O2/c1-19-13-17-9-11(14)12(18-13)16-5-2-8-20-10-3-6-15-7-4-10/h9-10,15H,2-8H2,1H3,(H,16,17,18). The first kappa shape index (κ1) is 15.3. The van der Waals surface area contributed by atoms with E-state index in [2.05, 4.69) is 20.6 Å². The van der Waals surface area contributed by atoms with Crippen molar-refractivity contribution in [3.05, 3.63) is 11.2 Å². The highest BCUT2D eigenvalue weighted by Crippen LogP contribution is 2.19. The SMILES string of the molecule is COc1ncc(Cl)c(NCCCOC2CCNCC2)n1. The second kappa shape index (κ2) is 8.24. The van der Waals surface area contributed by atoms with Crippen molar-refractivity contribution in [1.29, 1.82) is 0 Å². The number of rotatable bonds is 7. The number of piperidine rings is 1. The summed E-state index contributed by atoms with van der Waals surface area (Å²) in [5, 5.41) is 6.98. The summed E-state index contributed by atoms with van der Waals surface area (Å²) in [5.74, 6) is 0.598. The van der Waals surface area contributed by atoms with E-state index in [1.165, 1.54) is 13.3 Å². The Morgan fingerprint density at radius 1 is 1.45 bits per heavy atom. The molecule has 0 atom stereocenters. The van der Waals surface area contributed by atoms with Gasteiger partial charge < -0.3 is 20.1 Å². The van der Waals surface area contributed by atoms with E-state index < -0.39 is 0 Å². The van der Waals surface area contributed by atoms with Crippen LogP contribution in [0.4, 0.5) is 5.82 Å². The number of halogens is 1. The molecule has 0 amide bonds. The fraction of sp³-hybridized carbons (Fsp3) is 0.692. The average molecular weight is 301 g/mol. The smallest absolute Gasteiger partial charge is 0.318 e. The van der Waals surface area contributed by atoms with Crippen molar-refractivity contribution in [3.8, 4) is 6.01 Å². The van der Waals surface area contributed by atoms with Gasteiger partial charge in [-0.05, 0) is 32.4 Å². The molecule has 1 aliphatic heterocycles. The van der Waals surface area contributed by atoms with Crippen LogP contribution in [0.3, 0.4) is 0 Å². The molecule has 2 rings (SSSR count). The maximum Gasteiger partial charge on any atom is 0.318 e. The molecule has 1 aliphatic rings. The lowest BCUT2D eigenvalue weighted by Crippen LogP contribution is -2.32. The largest absolute Gasteiger partial charge is 0.467 e. The highest BCUT2D eigenvalue weighted by atomic mass is 35.5. The molecule has 20 heavy (non-hydrogen) atoms. The number of ether oxygens (including phenoxy) is 2. The molecule has 1 aromatic heterocycles. The summed E-state index contributed by atoms with van der Waals surface area (Å²) in [5.41, 5.74) is 0. The Balaban J connectivity index is 1.65. The van der Waals surface area contributed by atoms with E-state index in [1.54, 1.807) is 0 Å². The molecule has 0 aromatic carbocycles. The highest BCUT2D eigenvalue weighted by molar-refractivity contribution is 6.32. The predicted octanol–water partition coefficient (Wildman–Crippen LogP) is 1.71. The first-order chi connectivity index (χ1) is 9.79. The lowest BCUT2D eigenvalue weighted by atomic mass is 10.1. The molecule has 1 fully saturated rings. The Morgan fingerprint density at radius 2 is 2.25 bits per heavy atom. The van der Waals surface area contributed by atoms with Crippen LogP contribution in [0.15, 0.2) is 6.20 Å². The first-order valence-electron chi connectivity index (χ1n) is 6.92. The third kappa shape index (κ3) is 4.77. The lowest BCUT2D eigenvalue weighted by molar-refractivity contribution is 0.0329. The van der Waals surface area contributed by atoms with E-state index in [0.29, 0.717) is 23.0 Å². The summed E-state index contributed by atoms with van der Waals surface area (Å²) >= 11 is 6.01. The van der Waals surface area contributed by atoms with E-state index in [-0.39, 0.29) is 0 Å². The van der Waals surface area contributed by atoms with Crippen LogP contribution in [0.1, 0.15) is 19.3 Å². The van der Waals surface area contributed by atoms with Crippen molar-refractivity contribution in [2.45, 2.75) is 25.4 Å². The van der Waals surface area contributed by atoms with Gasteiger partial charge in [-0.3, -0.25) is 0 Å². The number of methoxy groups -OCH3 is 1. The van der Waals surface area contributed by atoms with Gasteiger partial charge in [-0.15, -0.1) is 0 Å². The van der Waals surface area contributed by atoms with Crippen LogP contribution < -0.4 is 15.4 Å². The summed E-state index contributed by atoms with van der Waals surface area (Å²) in [6, 6.07) is 0.308. The molecule has 6 nitrogen and oxygen atoms in total. The van der Waals surface area contributed by atoms with Gasteiger partial charge in [-0.25, -0.2) is 4.98 Å². The predicted molar refractivity (Wildman–Crippen MR) is 78.5 cm³/mol. The molecule has 1 aromatic rings. The minimum atomic E-state index is 0.308. The van der Waals surface area contributed by atoms with Gasteiger partial charge in [-0.2, -0.15) is 4.98 Å². The molecule has 0 radical (unpaired) electrons. The third-order valence-corrected chi connectivity index (χ3v) is 3.43. The van der Waals surface area contributed by atoms with E-state index in [9.17, 15) is 0 Å². The van der Waals surface area contributed by atoms with Crippen molar-refractivity contribution >= 4 is 17.4 Å². The number of aromatic nitrogens is 2. The summed E-state index contributed by atoms with van der Waals surface area (Å²) in [4.78, 5) is 8.08. The van der Waals surface area contributed by atoms with Crippen LogP contribution in [0.2, 0.25) is 5.02 Å². The molecular formula is C13H21ClN4O2. The molecule has 0 spiro atoms. The van der Waals surface area contributed by atoms with Crippen LogP contribution in [-0.4, -0.2) is 49.4 Å². The molecule has 0 unspecified atom stereocenters. The Hall–Kier alpha value is -1.11. The summed E-state index contributed by atoms with van der Waals surface area (Å²) in [6.45, 7) is 3.61. The fourth-order valence-electron chi connectivity index (χ4n) is 2.06. The molecule has 7 heteroatoms. The van der Waals surface area contributed by atoms with Gasteiger partial charge in [0.2, 0.25) is 0 Å². The normalized spacial score (nSPS) is 16.1. The molecule has 112 valence electrons. The van der Waals surface area contributed by atoms with E-state index in [1.807, 2.05) is 0 Å². The van der Waals surface area contributed by atoms with Crippen LogP contribution in [0.25, 0.3) is 0 Å². The second-order valence-electron chi connectivity index (χ2n) is 4.65. The topological polar surface area (TPSA) is 68.3 Å². The highest BCUT2D eigenvalue weighted by Gasteiger charge is 2.12. The fourth-order valence-corrected chi connectivity index (χ4v) is 2.22. The lowest BCUT2D eigenvalue weighted by Gasteiger charge is -2.22. The van der Waals surface area contributed by atoms with Crippen LogP contribution in [0.5, 0.6) is 6.01 Å². The van der Waals surface area contributed by atoms with Crippen molar-refractivity contribution in [2.75, 3.05) is 38.7 Å². The van der Waals surface area contributed by atoms with Gasteiger partial charge >= 0.3 is 6.01 Å². The van der Waals surface area contributed by atoms with E-state index in [4.69, 9.17) is 21.1 Å². The third-order valence-electron chi connectivity index (χ3n) is 3.16. The van der Waals surface area contributed by atoms with Gasteiger partial charge in [-0.1, -0.05) is 11.6 Å². The summed E-state index contributed by atoms with van der Waals surface area (Å²) in [6.07, 6.45) is 5.04. The van der Waals surface area contributed by atoms with Crippen molar-refractivity contribution in [3.63, 3.8) is 0 Å². The Kier molecular flexibility index (Phi) is 6.29. The van der Waals surface area contributed by atoms with Gasteiger partial charge in [0, 0.05) is 13.2 Å². The number of anilines is 1. The van der Waals surface area contributed by atoms with E-state index in [0.717, 1.165) is 45.5 Å². The van der Waals surface area contributed by atoms with Gasteiger partial charge in [0.05, 0.1) is 19.4 Å². The molecule has 0 saturated carbocycles. The quantitative estimate of drug-likeness (QED) is 0.747. The second-order valence-corrected chi connectivity index (χ2v) is 5.06. The molecule has 0 bridgehead atoms. The monoisotopic (exact) mass is 300 g/mol. The van der Waals surface area contributed by atoms with Crippen molar-refractivity contribution in [2.24, 2.45) is 0 Å². The van der Waals surface area contributed by atoms with Gasteiger partial charge in [0.15, 0.2) is 5.82 Å². The number of nitrogens with zero attached hydrogens (tertiary/aromatic N) is 2.